The van der Waals surface area contributed by atoms with E-state index in [0.717, 1.165) is 0 Å². The molecular formula is C16H14N4O8. The summed E-state index contributed by atoms with van der Waals surface area (Å²) in [6.07, 6.45) is 0. The second kappa shape index (κ2) is 8.70. The zero-order valence-electron chi connectivity index (χ0n) is 13.9. The SMILES string of the molecule is O=C(NO)c1ccc(-c2ccc(C(=O)NO)c(C(=O)NO)c2)cc1C(=O)NO. The molecule has 2 aromatic carbocycles. The summed E-state index contributed by atoms with van der Waals surface area (Å²) in [6, 6.07) is 7.51. The van der Waals surface area contributed by atoms with Gasteiger partial charge in [-0.2, -0.15) is 0 Å². The Morgan fingerprint density at radius 3 is 1.07 bits per heavy atom. The fourth-order valence-electron chi connectivity index (χ4n) is 2.46. The lowest BCUT2D eigenvalue weighted by molar-refractivity contribution is 0.0671. The van der Waals surface area contributed by atoms with Crippen LogP contribution in [0.5, 0.6) is 0 Å². The summed E-state index contributed by atoms with van der Waals surface area (Å²) in [4.78, 5) is 47.0. The monoisotopic (exact) mass is 390 g/mol. The van der Waals surface area contributed by atoms with Crippen LogP contribution in [0.25, 0.3) is 11.1 Å². The van der Waals surface area contributed by atoms with Gasteiger partial charge in [-0.05, 0) is 35.4 Å². The zero-order valence-corrected chi connectivity index (χ0v) is 13.9. The summed E-state index contributed by atoms with van der Waals surface area (Å²) in [5.41, 5.74) is 4.97. The predicted octanol–water partition coefficient (Wildman–Crippen LogP) is -0.170. The lowest BCUT2D eigenvalue weighted by atomic mass is 9.95. The Labute approximate surface area is 156 Å². The van der Waals surface area contributed by atoms with E-state index in [1.54, 1.807) is 0 Å². The van der Waals surface area contributed by atoms with Gasteiger partial charge >= 0.3 is 0 Å². The van der Waals surface area contributed by atoms with Crippen LogP contribution in [0.4, 0.5) is 0 Å². The fourth-order valence-corrected chi connectivity index (χ4v) is 2.46. The molecule has 0 radical (unpaired) electrons. The predicted molar refractivity (Wildman–Crippen MR) is 88.9 cm³/mol. The molecule has 0 aliphatic rings. The highest BCUT2D eigenvalue weighted by molar-refractivity contribution is 6.09. The van der Waals surface area contributed by atoms with Gasteiger partial charge in [-0.25, -0.2) is 21.9 Å². The number of nitrogens with one attached hydrogen (secondary N) is 4. The van der Waals surface area contributed by atoms with Gasteiger partial charge in [0.05, 0.1) is 22.3 Å². The first-order chi connectivity index (χ1) is 13.4. The highest BCUT2D eigenvalue weighted by atomic mass is 16.5. The Balaban J connectivity index is 2.64. The first-order valence-electron chi connectivity index (χ1n) is 7.44. The number of amides is 4. The number of carbonyl (C=O) groups excluding carboxylic acids is 4. The number of hydrogen-bond donors (Lipinski definition) is 8. The van der Waals surface area contributed by atoms with Crippen molar-refractivity contribution < 1.29 is 40.0 Å². The van der Waals surface area contributed by atoms with Crippen molar-refractivity contribution in [2.24, 2.45) is 0 Å². The normalized spacial score (nSPS) is 10.0. The molecule has 12 heteroatoms. The lowest BCUT2D eigenvalue weighted by Crippen LogP contribution is -2.26. The second-order valence-electron chi connectivity index (χ2n) is 5.28. The Morgan fingerprint density at radius 1 is 0.500 bits per heavy atom. The van der Waals surface area contributed by atoms with Crippen molar-refractivity contribution in [1.29, 1.82) is 0 Å². The second-order valence-corrected chi connectivity index (χ2v) is 5.28. The number of hydrogen-bond acceptors (Lipinski definition) is 8. The van der Waals surface area contributed by atoms with Crippen LogP contribution in [-0.2, 0) is 0 Å². The van der Waals surface area contributed by atoms with Gasteiger partial charge in [0, 0.05) is 0 Å². The average Bonchev–Trinajstić information content (AvgIpc) is 2.75. The zero-order chi connectivity index (χ0) is 20.8. The van der Waals surface area contributed by atoms with E-state index in [1.807, 2.05) is 0 Å². The highest BCUT2D eigenvalue weighted by Gasteiger charge is 2.20. The summed E-state index contributed by atoms with van der Waals surface area (Å²) < 4.78 is 0. The Hall–Kier alpha value is -3.84. The van der Waals surface area contributed by atoms with E-state index >= 15 is 0 Å². The molecule has 0 saturated carbocycles. The minimum Gasteiger partial charge on any atom is -0.288 e. The molecule has 0 bridgehead atoms. The average molecular weight is 390 g/mol. The van der Waals surface area contributed by atoms with Crippen molar-refractivity contribution in [1.82, 2.24) is 21.9 Å². The van der Waals surface area contributed by atoms with Crippen molar-refractivity contribution in [3.8, 4) is 11.1 Å². The molecule has 0 atom stereocenters. The molecule has 0 aromatic heterocycles. The Bertz CT molecular complexity index is 882. The van der Waals surface area contributed by atoms with Crippen molar-refractivity contribution in [2.75, 3.05) is 0 Å². The summed E-state index contributed by atoms with van der Waals surface area (Å²) >= 11 is 0. The minimum atomic E-state index is -1.04. The molecule has 0 aliphatic carbocycles. The van der Waals surface area contributed by atoms with Crippen molar-refractivity contribution in [3.63, 3.8) is 0 Å². The summed E-state index contributed by atoms with van der Waals surface area (Å²) in [7, 11) is 0. The third-order valence-corrected chi connectivity index (χ3v) is 3.76. The van der Waals surface area contributed by atoms with E-state index in [1.165, 1.54) is 58.3 Å². The third-order valence-electron chi connectivity index (χ3n) is 3.76. The minimum absolute atomic E-state index is 0.248. The maximum absolute atomic E-state index is 11.8. The van der Waals surface area contributed by atoms with Crippen molar-refractivity contribution >= 4 is 23.6 Å². The van der Waals surface area contributed by atoms with E-state index < -0.39 is 23.6 Å². The number of hydroxylamine groups is 4. The summed E-state index contributed by atoms with van der Waals surface area (Å²) in [5.74, 6) is -4.07. The summed E-state index contributed by atoms with van der Waals surface area (Å²) in [6.45, 7) is 0. The van der Waals surface area contributed by atoms with Crippen LogP contribution in [0.15, 0.2) is 36.4 Å². The first kappa shape index (κ1) is 20.5. The van der Waals surface area contributed by atoms with Gasteiger partial charge in [0.1, 0.15) is 0 Å². The quantitative estimate of drug-likeness (QED) is 0.254. The van der Waals surface area contributed by atoms with Crippen LogP contribution < -0.4 is 21.9 Å². The van der Waals surface area contributed by atoms with Gasteiger partial charge in [-0.3, -0.25) is 40.0 Å². The van der Waals surface area contributed by atoms with E-state index in [0.29, 0.717) is 0 Å². The van der Waals surface area contributed by atoms with Crippen LogP contribution in [0.2, 0.25) is 0 Å². The lowest BCUT2D eigenvalue weighted by Gasteiger charge is -2.12. The largest absolute Gasteiger partial charge is 0.288 e. The molecule has 2 rings (SSSR count). The van der Waals surface area contributed by atoms with E-state index in [2.05, 4.69) is 0 Å². The van der Waals surface area contributed by atoms with E-state index in [-0.39, 0.29) is 33.4 Å². The molecule has 8 N–H and O–H groups in total. The number of benzene rings is 2. The third kappa shape index (κ3) is 3.94. The molecule has 2 aromatic rings. The van der Waals surface area contributed by atoms with Gasteiger partial charge in [0.15, 0.2) is 0 Å². The topological polar surface area (TPSA) is 197 Å². The number of rotatable bonds is 5. The molecule has 146 valence electrons. The van der Waals surface area contributed by atoms with E-state index in [4.69, 9.17) is 20.8 Å². The van der Waals surface area contributed by atoms with Gasteiger partial charge in [-0.1, -0.05) is 12.1 Å². The molecule has 0 fully saturated rings. The van der Waals surface area contributed by atoms with Gasteiger partial charge < -0.3 is 0 Å². The van der Waals surface area contributed by atoms with Crippen LogP contribution >= 0.6 is 0 Å². The van der Waals surface area contributed by atoms with Crippen molar-refractivity contribution in [3.05, 3.63) is 58.7 Å². The smallest absolute Gasteiger partial charge is 0.275 e. The van der Waals surface area contributed by atoms with Crippen LogP contribution in [-0.4, -0.2) is 44.5 Å². The Kier molecular flexibility index (Phi) is 6.36. The molecule has 12 nitrogen and oxygen atoms in total. The highest BCUT2D eigenvalue weighted by Crippen LogP contribution is 2.25. The maximum atomic E-state index is 11.8. The molecule has 0 heterocycles. The van der Waals surface area contributed by atoms with Gasteiger partial charge in [0.25, 0.3) is 23.6 Å². The number of carbonyl (C=O) groups is 4. The van der Waals surface area contributed by atoms with Gasteiger partial charge in [0.2, 0.25) is 0 Å². The van der Waals surface area contributed by atoms with Crippen molar-refractivity contribution in [2.45, 2.75) is 0 Å². The molecule has 0 aliphatic heterocycles. The molecule has 28 heavy (non-hydrogen) atoms. The van der Waals surface area contributed by atoms with Gasteiger partial charge in [-0.15, -0.1) is 0 Å². The van der Waals surface area contributed by atoms with E-state index in [9.17, 15) is 19.2 Å². The summed E-state index contributed by atoms with van der Waals surface area (Å²) in [5, 5.41) is 35.2. The van der Waals surface area contributed by atoms with Crippen LogP contribution in [0.1, 0.15) is 41.4 Å². The molecule has 0 unspecified atom stereocenters. The van der Waals surface area contributed by atoms with Crippen LogP contribution in [0.3, 0.4) is 0 Å². The molecule has 0 spiro atoms. The van der Waals surface area contributed by atoms with Crippen LogP contribution in [0, 0.1) is 0 Å². The maximum Gasteiger partial charge on any atom is 0.275 e. The molecule has 4 amide bonds. The Morgan fingerprint density at radius 2 is 0.786 bits per heavy atom. The standard InChI is InChI=1S/C16H14N4O8/c21-13(17-25)9-3-1-7(5-11(9)15(23)19-27)8-2-4-10(14(22)18-26)12(6-8)16(24)20-28/h1-6,25-28H,(H,17,21)(H,18,22)(H,19,23)(H,20,24). The molecule has 0 saturated heterocycles. The fraction of sp³-hybridized carbons (Fsp3) is 0. The first-order valence-corrected chi connectivity index (χ1v) is 7.44. The molecular weight excluding hydrogens is 376 g/mol.